The van der Waals surface area contributed by atoms with Gasteiger partial charge in [0.25, 0.3) is 0 Å². The van der Waals surface area contributed by atoms with Crippen molar-refractivity contribution < 1.29 is 0 Å². The van der Waals surface area contributed by atoms with Crippen LogP contribution in [0.25, 0.3) is 11.3 Å². The fourth-order valence-corrected chi connectivity index (χ4v) is 2.94. The van der Waals surface area contributed by atoms with Gasteiger partial charge in [-0.25, -0.2) is 9.97 Å². The van der Waals surface area contributed by atoms with E-state index in [1.807, 2.05) is 24.7 Å². The smallest absolute Gasteiger partial charge is 0.123 e. The third kappa shape index (κ3) is 2.67. The number of nitrogens with zero attached hydrogens (tertiary/aromatic N) is 4. The van der Waals surface area contributed by atoms with Crippen molar-refractivity contribution in [2.24, 2.45) is 5.92 Å². The van der Waals surface area contributed by atoms with Crippen molar-refractivity contribution in [3.63, 3.8) is 0 Å². The molecule has 1 aliphatic heterocycles. The molecule has 1 atom stereocenters. The Hall–Kier alpha value is -1.88. The first-order chi connectivity index (χ1) is 9.76. The highest BCUT2D eigenvalue weighted by Gasteiger charge is 2.22. The van der Waals surface area contributed by atoms with Crippen molar-refractivity contribution in [2.45, 2.75) is 19.9 Å². The van der Waals surface area contributed by atoms with Gasteiger partial charge in [0.15, 0.2) is 0 Å². The molecule has 5 nitrogen and oxygen atoms in total. The summed E-state index contributed by atoms with van der Waals surface area (Å²) >= 11 is 0. The van der Waals surface area contributed by atoms with E-state index in [0.29, 0.717) is 11.7 Å². The lowest BCUT2D eigenvalue weighted by molar-refractivity contribution is 0.333. The van der Waals surface area contributed by atoms with Gasteiger partial charge in [-0.15, -0.1) is 0 Å². The molecule has 1 fully saturated rings. The Bertz CT molecular complexity index is 577. The van der Waals surface area contributed by atoms with E-state index in [9.17, 15) is 0 Å². The molecule has 0 aliphatic carbocycles. The van der Waals surface area contributed by atoms with Gasteiger partial charge in [-0.05, 0) is 37.6 Å². The molecular formula is C15H21N5. The second-order valence-electron chi connectivity index (χ2n) is 5.45. The zero-order valence-electron chi connectivity index (χ0n) is 11.9. The summed E-state index contributed by atoms with van der Waals surface area (Å²) in [5.74, 6) is 1.26. The first-order valence-electron chi connectivity index (χ1n) is 7.20. The highest BCUT2D eigenvalue weighted by Crippen LogP contribution is 2.23. The van der Waals surface area contributed by atoms with Gasteiger partial charge in [0.2, 0.25) is 0 Å². The minimum atomic E-state index is 0.549. The van der Waals surface area contributed by atoms with Gasteiger partial charge in [0.1, 0.15) is 5.82 Å². The molecule has 20 heavy (non-hydrogen) atoms. The summed E-state index contributed by atoms with van der Waals surface area (Å²) in [6, 6.07) is 3.89. The molecule has 3 rings (SSSR count). The van der Waals surface area contributed by atoms with Crippen LogP contribution in [0.2, 0.25) is 0 Å². The molecule has 1 aliphatic rings. The van der Waals surface area contributed by atoms with Gasteiger partial charge in [-0.2, -0.15) is 0 Å². The molecule has 2 N–H and O–H groups in total. The number of pyridine rings is 1. The lowest BCUT2D eigenvalue weighted by atomic mass is 10.1. The van der Waals surface area contributed by atoms with Gasteiger partial charge >= 0.3 is 0 Å². The fourth-order valence-electron chi connectivity index (χ4n) is 2.94. The second kappa shape index (κ2) is 5.63. The topological polar surface area (TPSA) is 60.0 Å². The number of nitrogens with two attached hydrogens (primary N) is 1. The van der Waals surface area contributed by atoms with Crippen molar-refractivity contribution in [3.05, 3.63) is 30.9 Å². The Kier molecular flexibility index (Phi) is 3.69. The third-order valence-electron chi connectivity index (χ3n) is 4.06. The van der Waals surface area contributed by atoms with Crippen molar-refractivity contribution >= 4 is 5.82 Å². The van der Waals surface area contributed by atoms with Crippen LogP contribution in [0.3, 0.4) is 0 Å². The maximum atomic E-state index is 5.77. The Labute approximate surface area is 119 Å². The number of imidazole rings is 1. The number of likely N-dealkylation sites (tertiary alicyclic amines) is 1. The molecule has 2 aromatic heterocycles. The summed E-state index contributed by atoms with van der Waals surface area (Å²) in [6.45, 7) is 6.80. The monoisotopic (exact) mass is 271 g/mol. The SMILES string of the molecule is CCN1CCC(Cn2cncc2-c2ccnc(N)c2)C1. The minimum Gasteiger partial charge on any atom is -0.384 e. The van der Waals surface area contributed by atoms with Gasteiger partial charge in [-0.3, -0.25) is 0 Å². The van der Waals surface area contributed by atoms with E-state index in [1.54, 1.807) is 6.20 Å². The van der Waals surface area contributed by atoms with E-state index < -0.39 is 0 Å². The Morgan fingerprint density at radius 3 is 3.10 bits per heavy atom. The molecule has 0 amide bonds. The van der Waals surface area contributed by atoms with Crippen LogP contribution in [0, 0.1) is 5.92 Å². The number of nitrogen functional groups attached to an aromatic ring is 1. The quantitative estimate of drug-likeness (QED) is 0.922. The molecule has 0 spiro atoms. The summed E-state index contributed by atoms with van der Waals surface area (Å²) in [5, 5.41) is 0. The molecule has 3 heterocycles. The normalized spacial score (nSPS) is 19.6. The van der Waals surface area contributed by atoms with Crippen molar-refractivity contribution in [1.29, 1.82) is 0 Å². The third-order valence-corrected chi connectivity index (χ3v) is 4.06. The zero-order chi connectivity index (χ0) is 13.9. The Morgan fingerprint density at radius 1 is 1.45 bits per heavy atom. The minimum absolute atomic E-state index is 0.549. The largest absolute Gasteiger partial charge is 0.384 e. The van der Waals surface area contributed by atoms with Crippen LogP contribution in [0.4, 0.5) is 5.82 Å². The summed E-state index contributed by atoms with van der Waals surface area (Å²) < 4.78 is 2.23. The van der Waals surface area contributed by atoms with Gasteiger partial charge in [0, 0.05) is 24.8 Å². The van der Waals surface area contributed by atoms with Crippen LogP contribution in [0.15, 0.2) is 30.9 Å². The van der Waals surface area contributed by atoms with E-state index >= 15 is 0 Å². The highest BCUT2D eigenvalue weighted by atomic mass is 15.2. The molecule has 1 saturated heterocycles. The van der Waals surface area contributed by atoms with E-state index in [4.69, 9.17) is 5.73 Å². The lowest BCUT2D eigenvalue weighted by Gasteiger charge is -2.15. The zero-order valence-corrected chi connectivity index (χ0v) is 11.9. The van der Waals surface area contributed by atoms with E-state index in [-0.39, 0.29) is 0 Å². The van der Waals surface area contributed by atoms with Gasteiger partial charge in [0.05, 0.1) is 18.2 Å². The van der Waals surface area contributed by atoms with Crippen LogP contribution in [0.5, 0.6) is 0 Å². The van der Waals surface area contributed by atoms with Crippen molar-refractivity contribution in [2.75, 3.05) is 25.4 Å². The van der Waals surface area contributed by atoms with Crippen LogP contribution in [-0.4, -0.2) is 39.1 Å². The Morgan fingerprint density at radius 2 is 2.35 bits per heavy atom. The first kappa shape index (κ1) is 13.1. The maximum Gasteiger partial charge on any atom is 0.123 e. The first-order valence-corrected chi connectivity index (χ1v) is 7.20. The van der Waals surface area contributed by atoms with Crippen molar-refractivity contribution in [3.8, 4) is 11.3 Å². The molecule has 106 valence electrons. The molecule has 0 radical (unpaired) electrons. The fraction of sp³-hybridized carbons (Fsp3) is 0.467. The number of hydrogen-bond donors (Lipinski definition) is 1. The average Bonchev–Trinajstić information content (AvgIpc) is 3.08. The predicted octanol–water partition coefficient (Wildman–Crippen LogP) is 1.87. The highest BCUT2D eigenvalue weighted by molar-refractivity contribution is 5.61. The molecule has 1 unspecified atom stereocenters. The van der Waals surface area contributed by atoms with E-state index in [2.05, 4.69) is 26.4 Å². The number of rotatable bonds is 4. The molecule has 0 aromatic carbocycles. The van der Waals surface area contributed by atoms with Gasteiger partial charge in [-0.1, -0.05) is 6.92 Å². The Balaban J connectivity index is 1.77. The molecule has 0 saturated carbocycles. The molecular weight excluding hydrogens is 250 g/mol. The molecule has 5 heteroatoms. The van der Waals surface area contributed by atoms with Crippen LogP contribution in [0.1, 0.15) is 13.3 Å². The van der Waals surface area contributed by atoms with E-state index in [1.165, 1.54) is 19.5 Å². The van der Waals surface area contributed by atoms with Crippen molar-refractivity contribution in [1.82, 2.24) is 19.4 Å². The average molecular weight is 271 g/mol. The van der Waals surface area contributed by atoms with Gasteiger partial charge < -0.3 is 15.2 Å². The number of hydrogen-bond acceptors (Lipinski definition) is 4. The van der Waals surface area contributed by atoms with Crippen LogP contribution >= 0.6 is 0 Å². The summed E-state index contributed by atoms with van der Waals surface area (Å²) in [5.41, 5.74) is 7.97. The standard InChI is InChI=1S/C15H21N5/c1-2-19-6-4-12(9-19)10-20-11-17-8-14(20)13-3-5-18-15(16)7-13/h3,5,7-8,11-12H,2,4,6,9-10H2,1H3,(H2,16,18). The van der Waals surface area contributed by atoms with Crippen LogP contribution < -0.4 is 5.73 Å². The molecule has 0 bridgehead atoms. The maximum absolute atomic E-state index is 5.77. The molecule has 2 aromatic rings. The summed E-state index contributed by atoms with van der Waals surface area (Å²) in [4.78, 5) is 10.8. The predicted molar refractivity (Wildman–Crippen MR) is 80.1 cm³/mol. The van der Waals surface area contributed by atoms with E-state index in [0.717, 1.165) is 24.3 Å². The second-order valence-corrected chi connectivity index (χ2v) is 5.45. The lowest BCUT2D eigenvalue weighted by Crippen LogP contribution is -2.21. The summed E-state index contributed by atoms with van der Waals surface area (Å²) in [6.07, 6.45) is 6.84. The summed E-state index contributed by atoms with van der Waals surface area (Å²) in [7, 11) is 0. The van der Waals surface area contributed by atoms with Crippen LogP contribution in [-0.2, 0) is 6.54 Å². The number of aromatic nitrogens is 3. The number of anilines is 1.